The van der Waals surface area contributed by atoms with E-state index in [2.05, 4.69) is 16.2 Å². The van der Waals surface area contributed by atoms with E-state index in [4.69, 9.17) is 30.1 Å². The van der Waals surface area contributed by atoms with Gasteiger partial charge >= 0.3 is 17.8 Å². The average molecular weight is 596 g/mol. The number of aromatic nitrogens is 2. The van der Waals surface area contributed by atoms with Crippen molar-refractivity contribution < 1.29 is 43.5 Å². The zero-order valence-electron chi connectivity index (χ0n) is 25.4. The highest BCUT2D eigenvalue weighted by molar-refractivity contribution is 5.85. The molecule has 3 N–H and O–H groups in total. The van der Waals surface area contributed by atoms with Crippen molar-refractivity contribution in [2.24, 2.45) is 10.8 Å². The molecule has 13 nitrogen and oxygen atoms in total. The quantitative estimate of drug-likeness (QED) is 0.189. The molecular weight excluding hydrogens is 550 g/mol. The fourth-order valence-corrected chi connectivity index (χ4v) is 4.80. The molecule has 0 aliphatic carbocycles. The number of hydrogen-bond donors (Lipinski definition) is 3. The Labute approximate surface area is 246 Å². The van der Waals surface area contributed by atoms with Crippen molar-refractivity contribution in [2.45, 2.75) is 84.3 Å². The van der Waals surface area contributed by atoms with Gasteiger partial charge in [-0.25, -0.2) is 9.59 Å². The van der Waals surface area contributed by atoms with E-state index in [1.54, 1.807) is 14.2 Å². The summed E-state index contributed by atoms with van der Waals surface area (Å²) in [5, 5.41) is 23.6. The predicted molar refractivity (Wildman–Crippen MR) is 153 cm³/mol. The zero-order valence-corrected chi connectivity index (χ0v) is 25.4. The SMILES string of the molecule is C#Cc1cn([C@@H]2O[C@H](CC(=O)OCC(CC)(CC)COC)[C@@H](O)[C@H]2O)c(=O)nc1NC(=O)OCC(CC)(CC)COC. The van der Waals surface area contributed by atoms with Crippen molar-refractivity contribution in [2.75, 3.05) is 46.0 Å². The molecule has 0 aromatic carbocycles. The van der Waals surface area contributed by atoms with Crippen LogP contribution in [0.3, 0.4) is 0 Å². The monoisotopic (exact) mass is 595 g/mol. The molecule has 4 atom stereocenters. The van der Waals surface area contributed by atoms with E-state index in [1.807, 2.05) is 27.7 Å². The molecule has 2 heterocycles. The van der Waals surface area contributed by atoms with Crippen molar-refractivity contribution in [3.05, 3.63) is 22.2 Å². The number of ether oxygens (including phenoxy) is 5. The molecular formula is C29H45N3O10. The summed E-state index contributed by atoms with van der Waals surface area (Å²) in [6.07, 6.45) is 2.83. The lowest BCUT2D eigenvalue weighted by atomic mass is 9.84. The molecule has 1 aliphatic rings. The number of nitrogens with zero attached hydrogens (tertiary/aromatic N) is 2. The first-order valence-electron chi connectivity index (χ1n) is 14.2. The second-order valence-electron chi connectivity index (χ2n) is 10.7. The zero-order chi connectivity index (χ0) is 31.5. The van der Waals surface area contributed by atoms with Gasteiger partial charge in [-0.15, -0.1) is 6.42 Å². The number of anilines is 1. The first kappa shape index (κ1) is 35.2. The van der Waals surface area contributed by atoms with Crippen LogP contribution in [0.2, 0.25) is 0 Å². The first-order chi connectivity index (χ1) is 20.0. The Balaban J connectivity index is 2.13. The van der Waals surface area contributed by atoms with Gasteiger partial charge in [0.25, 0.3) is 0 Å². The van der Waals surface area contributed by atoms with E-state index < -0.39 is 42.3 Å². The normalized spacial score (nSPS) is 20.6. The molecule has 1 aliphatic heterocycles. The van der Waals surface area contributed by atoms with E-state index in [9.17, 15) is 24.6 Å². The molecule has 0 spiro atoms. The van der Waals surface area contributed by atoms with E-state index in [1.165, 1.54) is 6.20 Å². The van der Waals surface area contributed by atoms with E-state index in [0.717, 1.165) is 30.3 Å². The third-order valence-electron chi connectivity index (χ3n) is 8.26. The maximum atomic E-state index is 12.9. The molecule has 1 aromatic rings. The van der Waals surface area contributed by atoms with Gasteiger partial charge in [-0.05, 0) is 25.7 Å². The molecule has 0 bridgehead atoms. The number of nitrogens with one attached hydrogen (secondary N) is 1. The molecule has 0 saturated carbocycles. The number of methoxy groups -OCH3 is 2. The lowest BCUT2D eigenvalue weighted by molar-refractivity contribution is -0.153. The Morgan fingerprint density at radius 2 is 1.55 bits per heavy atom. The molecule has 42 heavy (non-hydrogen) atoms. The van der Waals surface area contributed by atoms with Crippen LogP contribution in [0.5, 0.6) is 0 Å². The number of esters is 1. The molecule has 1 aromatic heterocycles. The fourth-order valence-electron chi connectivity index (χ4n) is 4.80. The minimum atomic E-state index is -1.58. The molecule has 1 saturated heterocycles. The number of aliphatic hydroxyl groups excluding tert-OH is 2. The number of rotatable bonds is 16. The van der Waals surface area contributed by atoms with Gasteiger partial charge in [-0.1, -0.05) is 33.6 Å². The Bertz CT molecular complexity index is 1140. The van der Waals surface area contributed by atoms with Crippen molar-refractivity contribution in [1.82, 2.24) is 9.55 Å². The lowest BCUT2D eigenvalue weighted by Crippen LogP contribution is -2.37. The third kappa shape index (κ3) is 8.52. The summed E-state index contributed by atoms with van der Waals surface area (Å²) in [4.78, 5) is 41.8. The number of carbonyl (C=O) groups is 2. The molecule has 2 rings (SSSR count). The van der Waals surface area contributed by atoms with Crippen LogP contribution >= 0.6 is 0 Å². The summed E-state index contributed by atoms with van der Waals surface area (Å²) in [7, 11) is 3.15. The van der Waals surface area contributed by atoms with Gasteiger partial charge in [-0.2, -0.15) is 4.98 Å². The first-order valence-corrected chi connectivity index (χ1v) is 14.2. The highest BCUT2D eigenvalue weighted by Gasteiger charge is 2.45. The maximum absolute atomic E-state index is 12.9. The van der Waals surface area contributed by atoms with Crippen LogP contribution in [-0.2, 0) is 28.5 Å². The fraction of sp³-hybridized carbons (Fsp3) is 0.724. The van der Waals surface area contributed by atoms with Crippen LogP contribution in [0.15, 0.2) is 11.0 Å². The lowest BCUT2D eigenvalue weighted by Gasteiger charge is -2.30. The largest absolute Gasteiger partial charge is 0.465 e. The second-order valence-corrected chi connectivity index (χ2v) is 10.7. The van der Waals surface area contributed by atoms with Crippen molar-refractivity contribution in [1.29, 1.82) is 0 Å². The molecule has 1 amide bonds. The van der Waals surface area contributed by atoms with Gasteiger partial charge in [-0.3, -0.25) is 14.7 Å². The summed E-state index contributed by atoms with van der Waals surface area (Å²) >= 11 is 0. The summed E-state index contributed by atoms with van der Waals surface area (Å²) in [5.74, 6) is 1.48. The van der Waals surface area contributed by atoms with Crippen molar-refractivity contribution in [3.63, 3.8) is 0 Å². The standard InChI is InChI=1S/C29H45N3O10/c1-8-19-14-32(26(36)30-24(19)31-27(37)41-18-29(11-4,12-5)16-39-7)25-23(35)22(34)20(42-25)13-21(33)40-17-28(9-2,10-3)15-38-6/h1,14,20,22-23,25,34-35H,9-13,15-18H2,2-7H3,(H,30,31,36,37)/t20-,22-,23-,25-/m1/s1. The Kier molecular flexibility index (Phi) is 13.4. The van der Waals surface area contributed by atoms with E-state index >= 15 is 0 Å². The minimum absolute atomic E-state index is 0.00227. The Morgan fingerprint density at radius 1 is 1.00 bits per heavy atom. The third-order valence-corrected chi connectivity index (χ3v) is 8.26. The number of amides is 1. The highest BCUT2D eigenvalue weighted by atomic mass is 16.6. The van der Waals surface area contributed by atoms with Crippen LogP contribution in [0.4, 0.5) is 10.6 Å². The Morgan fingerprint density at radius 3 is 2.05 bits per heavy atom. The second kappa shape index (κ2) is 16.0. The van der Waals surface area contributed by atoms with Gasteiger partial charge in [0.2, 0.25) is 0 Å². The van der Waals surface area contributed by atoms with Gasteiger partial charge < -0.3 is 33.9 Å². The molecule has 13 heteroatoms. The molecule has 0 unspecified atom stereocenters. The highest BCUT2D eigenvalue weighted by Crippen LogP contribution is 2.32. The van der Waals surface area contributed by atoms with E-state index in [-0.39, 0.29) is 41.8 Å². The predicted octanol–water partition coefficient (Wildman–Crippen LogP) is 2.23. The number of terminal acetylenes is 1. The molecule has 1 fully saturated rings. The summed E-state index contributed by atoms with van der Waals surface area (Å²) in [5.41, 5.74) is -1.62. The van der Waals surface area contributed by atoms with Crippen molar-refractivity contribution in [3.8, 4) is 12.3 Å². The maximum Gasteiger partial charge on any atom is 0.412 e. The minimum Gasteiger partial charge on any atom is -0.465 e. The van der Waals surface area contributed by atoms with E-state index in [0.29, 0.717) is 13.2 Å². The van der Waals surface area contributed by atoms with Gasteiger partial charge in [0.05, 0.1) is 37.9 Å². The van der Waals surface area contributed by atoms with Gasteiger partial charge in [0, 0.05) is 31.2 Å². The average Bonchev–Trinajstić information content (AvgIpc) is 3.26. The van der Waals surface area contributed by atoms with Crippen molar-refractivity contribution >= 4 is 17.9 Å². The van der Waals surface area contributed by atoms with Crippen LogP contribution < -0.4 is 11.0 Å². The van der Waals surface area contributed by atoms with Crippen LogP contribution in [0.1, 0.15) is 71.6 Å². The summed E-state index contributed by atoms with van der Waals surface area (Å²) in [6.45, 7) is 8.92. The molecule has 236 valence electrons. The smallest absolute Gasteiger partial charge is 0.412 e. The van der Waals surface area contributed by atoms with Gasteiger partial charge in [0.15, 0.2) is 12.0 Å². The Hall–Kier alpha value is -3.02. The van der Waals surface area contributed by atoms with Crippen LogP contribution in [0.25, 0.3) is 0 Å². The van der Waals surface area contributed by atoms with Gasteiger partial charge in [0.1, 0.15) is 18.8 Å². The van der Waals surface area contributed by atoms with Crippen LogP contribution in [0, 0.1) is 23.2 Å². The topological polar surface area (TPSA) is 168 Å². The number of aliphatic hydroxyl groups is 2. The molecule has 0 radical (unpaired) electrons. The van der Waals surface area contributed by atoms with Crippen LogP contribution in [-0.4, -0.2) is 90.8 Å². The summed E-state index contributed by atoms with van der Waals surface area (Å²) in [6, 6.07) is 0. The number of hydrogen-bond acceptors (Lipinski definition) is 11. The summed E-state index contributed by atoms with van der Waals surface area (Å²) < 4.78 is 28.0. The number of carbonyl (C=O) groups excluding carboxylic acids is 2.